The van der Waals surface area contributed by atoms with Gasteiger partial charge in [0.25, 0.3) is 0 Å². The van der Waals surface area contributed by atoms with Gasteiger partial charge in [-0.2, -0.15) is 0 Å². The van der Waals surface area contributed by atoms with E-state index in [1.807, 2.05) is 0 Å². The predicted octanol–water partition coefficient (Wildman–Crippen LogP) is -2.67. The maximum absolute atomic E-state index is 10.6. The number of hydrogen-bond donors (Lipinski definition) is 5. The third-order valence-corrected chi connectivity index (χ3v) is 2.52. The Morgan fingerprint density at radius 2 is 1.88 bits per heavy atom. The first-order valence-electron chi connectivity index (χ1n) is 4.96. The number of ether oxygens (including phenoxy) is 1. The molecular weight excluding hydrogens is 234 g/mol. The van der Waals surface area contributed by atoms with Crippen LogP contribution in [0, 0.1) is 0 Å². The van der Waals surface area contributed by atoms with Crippen LogP contribution >= 0.6 is 0 Å². The Balaban J connectivity index is 2.87. The molecule has 1 aliphatic heterocycles. The van der Waals surface area contributed by atoms with Crippen LogP contribution in [0.15, 0.2) is 4.99 Å². The Bertz CT molecular complexity index is 318. The molecule has 1 aliphatic rings. The summed E-state index contributed by atoms with van der Waals surface area (Å²) in [5.74, 6) is -1.30. The third kappa shape index (κ3) is 2.99. The highest BCUT2D eigenvalue weighted by molar-refractivity contribution is 6.34. The lowest BCUT2D eigenvalue weighted by atomic mass is 9.97. The SMILES string of the molecule is CC(=N[C@@H]1[C@@H](O)[C@H](O)[C@@H](CO)O[C@H]1O)C(=O)O. The van der Waals surface area contributed by atoms with E-state index in [1.54, 1.807) is 0 Å². The van der Waals surface area contributed by atoms with Gasteiger partial charge >= 0.3 is 5.97 Å². The average molecular weight is 249 g/mol. The highest BCUT2D eigenvalue weighted by Crippen LogP contribution is 2.22. The van der Waals surface area contributed by atoms with Gasteiger partial charge in [-0.3, -0.25) is 4.99 Å². The molecule has 8 heteroatoms. The minimum absolute atomic E-state index is 0.327. The third-order valence-electron chi connectivity index (χ3n) is 2.52. The first-order valence-corrected chi connectivity index (χ1v) is 4.96. The van der Waals surface area contributed by atoms with Crippen LogP contribution in [-0.2, 0) is 9.53 Å². The summed E-state index contributed by atoms with van der Waals surface area (Å²) in [6, 6.07) is -1.30. The quantitative estimate of drug-likeness (QED) is 0.344. The summed E-state index contributed by atoms with van der Waals surface area (Å²) in [4.78, 5) is 14.1. The number of carbonyl (C=O) groups is 1. The first kappa shape index (κ1) is 14.0. The van der Waals surface area contributed by atoms with E-state index in [1.165, 1.54) is 6.92 Å². The molecule has 5 N–H and O–H groups in total. The number of aliphatic imine (C=N–C) groups is 1. The molecule has 5 atom stereocenters. The summed E-state index contributed by atoms with van der Waals surface area (Å²) in [5, 5.41) is 46.1. The van der Waals surface area contributed by atoms with Gasteiger partial charge in [0.1, 0.15) is 30.1 Å². The molecule has 0 aromatic carbocycles. The van der Waals surface area contributed by atoms with E-state index in [-0.39, 0.29) is 5.71 Å². The highest BCUT2D eigenvalue weighted by Gasteiger charge is 2.43. The smallest absolute Gasteiger partial charge is 0.349 e. The monoisotopic (exact) mass is 249 g/mol. The lowest BCUT2D eigenvalue weighted by Crippen LogP contribution is -2.58. The van der Waals surface area contributed by atoms with E-state index in [2.05, 4.69) is 4.99 Å². The van der Waals surface area contributed by atoms with Crippen LogP contribution in [0.1, 0.15) is 6.92 Å². The van der Waals surface area contributed by atoms with Crippen molar-refractivity contribution in [3.8, 4) is 0 Å². The summed E-state index contributed by atoms with van der Waals surface area (Å²) in [7, 11) is 0. The Morgan fingerprint density at radius 1 is 1.29 bits per heavy atom. The molecule has 1 rings (SSSR count). The molecule has 0 aromatic heterocycles. The second kappa shape index (κ2) is 5.52. The van der Waals surface area contributed by atoms with Crippen molar-refractivity contribution in [3.63, 3.8) is 0 Å². The molecule has 0 unspecified atom stereocenters. The van der Waals surface area contributed by atoms with Gasteiger partial charge in [0.15, 0.2) is 6.29 Å². The summed E-state index contributed by atoms with van der Waals surface area (Å²) in [6.07, 6.45) is -5.67. The van der Waals surface area contributed by atoms with E-state index in [9.17, 15) is 20.1 Å². The van der Waals surface area contributed by atoms with E-state index < -0.39 is 43.2 Å². The fraction of sp³-hybridized carbons (Fsp3) is 0.778. The van der Waals surface area contributed by atoms with Crippen LogP contribution in [0.5, 0.6) is 0 Å². The minimum Gasteiger partial charge on any atom is -0.477 e. The standard InChI is InChI=1S/C9H15NO7/c1-3(8(14)15)10-5-7(13)6(12)4(2-11)17-9(5)16/h4-7,9,11-13,16H,2H2,1H3,(H,14,15)/t4-,5-,6-,7-,9-/m1/s1. The van der Waals surface area contributed by atoms with Crippen molar-refractivity contribution in [2.24, 2.45) is 4.99 Å². The van der Waals surface area contributed by atoms with Crippen LogP contribution < -0.4 is 0 Å². The van der Waals surface area contributed by atoms with Crippen molar-refractivity contribution in [3.05, 3.63) is 0 Å². The Labute approximate surface area is 96.8 Å². The van der Waals surface area contributed by atoms with E-state index in [4.69, 9.17) is 14.9 Å². The maximum atomic E-state index is 10.6. The van der Waals surface area contributed by atoms with Gasteiger partial charge in [-0.1, -0.05) is 0 Å². The van der Waals surface area contributed by atoms with Crippen LogP contribution in [0.4, 0.5) is 0 Å². The van der Waals surface area contributed by atoms with Crippen LogP contribution in [0.25, 0.3) is 0 Å². The number of rotatable bonds is 3. The van der Waals surface area contributed by atoms with Gasteiger partial charge in [0.2, 0.25) is 0 Å². The van der Waals surface area contributed by atoms with E-state index in [0.717, 1.165) is 0 Å². The van der Waals surface area contributed by atoms with Crippen molar-refractivity contribution >= 4 is 11.7 Å². The molecule has 0 radical (unpaired) electrons. The van der Waals surface area contributed by atoms with Gasteiger partial charge in [-0.05, 0) is 6.92 Å². The molecule has 1 saturated heterocycles. The zero-order chi connectivity index (χ0) is 13.2. The lowest BCUT2D eigenvalue weighted by molar-refractivity contribution is -0.248. The van der Waals surface area contributed by atoms with Crippen molar-refractivity contribution < 1.29 is 35.1 Å². The number of carboxylic acids is 1. The second-order valence-corrected chi connectivity index (χ2v) is 3.74. The Kier molecular flexibility index (Phi) is 4.54. The van der Waals surface area contributed by atoms with Crippen molar-refractivity contribution in [1.29, 1.82) is 0 Å². The fourth-order valence-corrected chi connectivity index (χ4v) is 1.50. The molecule has 0 amide bonds. The predicted molar refractivity (Wildman–Crippen MR) is 54.5 cm³/mol. The highest BCUT2D eigenvalue weighted by atomic mass is 16.6. The molecule has 0 bridgehead atoms. The molecule has 98 valence electrons. The summed E-state index contributed by atoms with van der Waals surface area (Å²) in [5.41, 5.74) is -0.327. The number of aliphatic hydroxyl groups is 4. The zero-order valence-corrected chi connectivity index (χ0v) is 9.09. The zero-order valence-electron chi connectivity index (χ0n) is 9.09. The molecule has 0 aromatic rings. The average Bonchev–Trinajstić information content (AvgIpc) is 2.28. The fourth-order valence-electron chi connectivity index (χ4n) is 1.50. The molecule has 17 heavy (non-hydrogen) atoms. The van der Waals surface area contributed by atoms with Crippen LogP contribution in [0.2, 0.25) is 0 Å². The van der Waals surface area contributed by atoms with Gasteiger partial charge in [-0.25, -0.2) is 4.79 Å². The first-order chi connectivity index (χ1) is 7.88. The van der Waals surface area contributed by atoms with Crippen LogP contribution in [-0.4, -0.2) is 74.5 Å². The number of aliphatic hydroxyl groups excluding tert-OH is 4. The lowest BCUT2D eigenvalue weighted by Gasteiger charge is -2.38. The topological polar surface area (TPSA) is 140 Å². The number of carboxylic acid groups (broad SMARTS) is 1. The van der Waals surface area contributed by atoms with Crippen molar-refractivity contribution in [2.45, 2.75) is 37.6 Å². The molecule has 1 fully saturated rings. The van der Waals surface area contributed by atoms with Crippen molar-refractivity contribution in [1.82, 2.24) is 0 Å². The largest absolute Gasteiger partial charge is 0.477 e. The van der Waals surface area contributed by atoms with Gasteiger partial charge < -0.3 is 30.3 Å². The molecule has 0 spiro atoms. The maximum Gasteiger partial charge on any atom is 0.349 e. The normalized spacial score (nSPS) is 39.1. The molecule has 8 nitrogen and oxygen atoms in total. The van der Waals surface area contributed by atoms with Crippen molar-refractivity contribution in [2.75, 3.05) is 6.61 Å². The van der Waals surface area contributed by atoms with E-state index in [0.29, 0.717) is 0 Å². The van der Waals surface area contributed by atoms with Gasteiger partial charge in [0, 0.05) is 0 Å². The second-order valence-electron chi connectivity index (χ2n) is 3.74. The minimum atomic E-state index is -1.58. The Morgan fingerprint density at radius 3 is 2.35 bits per heavy atom. The molecular formula is C9H15NO7. The summed E-state index contributed by atoms with van der Waals surface area (Å²) < 4.78 is 4.81. The van der Waals surface area contributed by atoms with Gasteiger partial charge in [0.05, 0.1) is 6.61 Å². The molecule has 0 saturated carbocycles. The Hall–Kier alpha value is -1.06. The van der Waals surface area contributed by atoms with Gasteiger partial charge in [-0.15, -0.1) is 0 Å². The summed E-state index contributed by atoms with van der Waals surface area (Å²) in [6.45, 7) is 0.607. The number of hydrogen-bond acceptors (Lipinski definition) is 7. The molecule has 1 heterocycles. The molecule has 0 aliphatic carbocycles. The summed E-state index contributed by atoms with van der Waals surface area (Å²) >= 11 is 0. The number of aliphatic carboxylic acids is 1. The van der Waals surface area contributed by atoms with Crippen LogP contribution in [0.3, 0.4) is 0 Å². The number of nitrogens with zero attached hydrogens (tertiary/aromatic N) is 1. The van der Waals surface area contributed by atoms with E-state index >= 15 is 0 Å².